The third-order valence-corrected chi connectivity index (χ3v) is 5.02. The van der Waals surface area contributed by atoms with Crippen molar-refractivity contribution in [2.24, 2.45) is 0 Å². The van der Waals surface area contributed by atoms with E-state index in [2.05, 4.69) is 21.3 Å². The number of nitrogens with zero attached hydrogens (tertiary/aromatic N) is 1. The number of hydrogen-bond acceptors (Lipinski definition) is 4. The van der Waals surface area contributed by atoms with Crippen molar-refractivity contribution in [3.63, 3.8) is 0 Å². The molecule has 6 nitrogen and oxygen atoms in total. The summed E-state index contributed by atoms with van der Waals surface area (Å²) < 4.78 is 44.1. The molecule has 0 bridgehead atoms. The Hall–Kier alpha value is -2.97. The second kappa shape index (κ2) is 6.08. The van der Waals surface area contributed by atoms with Crippen molar-refractivity contribution < 1.29 is 17.2 Å². The summed E-state index contributed by atoms with van der Waals surface area (Å²) in [6.07, 6.45) is 1.81. The van der Waals surface area contributed by atoms with E-state index in [1.54, 1.807) is 18.3 Å². The van der Waals surface area contributed by atoms with Gasteiger partial charge >= 0.3 is 0 Å². The molecule has 2 aromatic carbocycles. The van der Waals surface area contributed by atoms with Crippen molar-refractivity contribution in [3.05, 3.63) is 66.3 Å². The predicted octanol–water partition coefficient (Wildman–Crippen LogP) is 3.68. The van der Waals surface area contributed by atoms with Gasteiger partial charge in [-0.1, -0.05) is 12.6 Å². The van der Waals surface area contributed by atoms with E-state index in [0.717, 1.165) is 21.9 Å². The van der Waals surface area contributed by atoms with E-state index in [9.17, 15) is 12.8 Å². The minimum atomic E-state index is -3.55. The van der Waals surface area contributed by atoms with Crippen molar-refractivity contribution >= 4 is 32.0 Å². The molecule has 4 rings (SSSR count). The molecular weight excluding hydrogens is 357 g/mol. The maximum Gasteiger partial charge on any atom is 0.233 e. The molecule has 0 atom stereocenters. The fourth-order valence-corrected chi connectivity index (χ4v) is 3.22. The Kier molecular flexibility index (Phi) is 3.86. The SMILES string of the molecule is C=CS(=O)(=O)NCc1nc2ccc(-c3c[nH]c4cc(F)ccc34)cc2o1. The largest absolute Gasteiger partial charge is 0.439 e. The zero-order valence-corrected chi connectivity index (χ0v) is 14.3. The van der Waals surface area contributed by atoms with Crippen LogP contribution in [0.2, 0.25) is 0 Å². The Balaban J connectivity index is 1.70. The molecule has 4 aromatic rings. The number of aromatic nitrogens is 2. The van der Waals surface area contributed by atoms with Gasteiger partial charge in [-0.2, -0.15) is 0 Å². The molecule has 2 N–H and O–H groups in total. The molecule has 0 aliphatic carbocycles. The summed E-state index contributed by atoms with van der Waals surface area (Å²) in [5, 5.41) is 1.72. The molecule has 0 amide bonds. The van der Waals surface area contributed by atoms with E-state index in [-0.39, 0.29) is 18.3 Å². The van der Waals surface area contributed by atoms with Crippen LogP contribution < -0.4 is 4.72 Å². The van der Waals surface area contributed by atoms with Gasteiger partial charge in [0.1, 0.15) is 11.3 Å². The summed E-state index contributed by atoms with van der Waals surface area (Å²) in [5.41, 5.74) is 3.65. The van der Waals surface area contributed by atoms with E-state index >= 15 is 0 Å². The summed E-state index contributed by atoms with van der Waals surface area (Å²) in [6.45, 7) is 3.17. The van der Waals surface area contributed by atoms with Crippen molar-refractivity contribution in [3.8, 4) is 11.1 Å². The smallest absolute Gasteiger partial charge is 0.233 e. The van der Waals surface area contributed by atoms with Gasteiger partial charge in [0.15, 0.2) is 5.58 Å². The molecular formula is C18H14FN3O3S. The highest BCUT2D eigenvalue weighted by Gasteiger charge is 2.12. The monoisotopic (exact) mass is 371 g/mol. The van der Waals surface area contributed by atoms with Crippen LogP contribution in [0.25, 0.3) is 33.1 Å². The fourth-order valence-electron chi connectivity index (χ4n) is 2.77. The lowest BCUT2D eigenvalue weighted by molar-refractivity contribution is 0.515. The van der Waals surface area contributed by atoms with Crippen LogP contribution in [-0.4, -0.2) is 18.4 Å². The molecule has 8 heteroatoms. The molecule has 0 aliphatic heterocycles. The van der Waals surface area contributed by atoms with Crippen LogP contribution in [0, 0.1) is 5.82 Å². The highest BCUT2D eigenvalue weighted by molar-refractivity contribution is 7.92. The van der Waals surface area contributed by atoms with Crippen LogP contribution in [0.4, 0.5) is 4.39 Å². The van der Waals surface area contributed by atoms with Crippen LogP contribution in [0.15, 0.2) is 59.0 Å². The molecule has 0 radical (unpaired) electrons. The predicted molar refractivity (Wildman–Crippen MR) is 97.2 cm³/mol. The Morgan fingerprint density at radius 3 is 2.92 bits per heavy atom. The third kappa shape index (κ3) is 3.00. The van der Waals surface area contributed by atoms with Crippen molar-refractivity contribution in [2.45, 2.75) is 6.54 Å². The molecule has 0 saturated heterocycles. The highest BCUT2D eigenvalue weighted by Crippen LogP contribution is 2.31. The van der Waals surface area contributed by atoms with E-state index in [0.29, 0.717) is 16.6 Å². The molecule has 2 heterocycles. The quantitative estimate of drug-likeness (QED) is 0.560. The number of oxazole rings is 1. The minimum absolute atomic E-state index is 0.0648. The molecule has 0 saturated carbocycles. The zero-order chi connectivity index (χ0) is 18.3. The van der Waals surface area contributed by atoms with Gasteiger partial charge in [0.2, 0.25) is 15.9 Å². The van der Waals surface area contributed by atoms with Crippen molar-refractivity contribution in [1.29, 1.82) is 0 Å². The Labute approximate surface area is 148 Å². The van der Waals surface area contributed by atoms with Crippen LogP contribution >= 0.6 is 0 Å². The zero-order valence-electron chi connectivity index (χ0n) is 13.5. The summed E-state index contributed by atoms with van der Waals surface area (Å²) >= 11 is 0. The van der Waals surface area contributed by atoms with E-state index < -0.39 is 10.0 Å². The Morgan fingerprint density at radius 1 is 1.27 bits per heavy atom. The first kappa shape index (κ1) is 16.5. The van der Waals surface area contributed by atoms with Crippen molar-refractivity contribution in [1.82, 2.24) is 14.7 Å². The van der Waals surface area contributed by atoms with Gasteiger partial charge in [-0.25, -0.2) is 22.5 Å². The van der Waals surface area contributed by atoms with Crippen LogP contribution in [0.1, 0.15) is 5.89 Å². The first-order valence-corrected chi connectivity index (χ1v) is 9.28. The average Bonchev–Trinajstić information content (AvgIpc) is 3.22. The van der Waals surface area contributed by atoms with Gasteiger partial charge in [0, 0.05) is 28.1 Å². The number of aromatic amines is 1. The Morgan fingerprint density at radius 2 is 2.12 bits per heavy atom. The van der Waals surface area contributed by atoms with Gasteiger partial charge in [0.25, 0.3) is 0 Å². The molecule has 2 aromatic heterocycles. The molecule has 0 unspecified atom stereocenters. The summed E-state index contributed by atoms with van der Waals surface area (Å²) in [6, 6.07) is 10.1. The van der Waals surface area contributed by atoms with E-state index in [1.807, 2.05) is 12.1 Å². The molecule has 26 heavy (non-hydrogen) atoms. The van der Waals surface area contributed by atoms with Gasteiger partial charge in [0.05, 0.1) is 6.54 Å². The first-order chi connectivity index (χ1) is 12.4. The fraction of sp³-hybridized carbons (Fsp3) is 0.0556. The Bertz CT molecular complexity index is 1240. The molecule has 132 valence electrons. The number of fused-ring (bicyclic) bond motifs is 2. The number of benzene rings is 2. The third-order valence-electron chi connectivity index (χ3n) is 4.03. The van der Waals surface area contributed by atoms with Gasteiger partial charge in [-0.15, -0.1) is 0 Å². The van der Waals surface area contributed by atoms with Crippen LogP contribution in [0.5, 0.6) is 0 Å². The summed E-state index contributed by atoms with van der Waals surface area (Å²) in [7, 11) is -3.55. The minimum Gasteiger partial charge on any atom is -0.439 e. The van der Waals surface area contributed by atoms with Gasteiger partial charge < -0.3 is 9.40 Å². The average molecular weight is 371 g/mol. The molecule has 0 aliphatic rings. The molecule has 0 fully saturated rings. The van der Waals surface area contributed by atoms with Gasteiger partial charge in [-0.3, -0.25) is 0 Å². The number of rotatable bonds is 5. The lowest BCUT2D eigenvalue weighted by Gasteiger charge is -1.99. The number of sulfonamides is 1. The van der Waals surface area contributed by atoms with E-state index in [4.69, 9.17) is 4.42 Å². The number of nitrogens with one attached hydrogen (secondary N) is 2. The summed E-state index contributed by atoms with van der Waals surface area (Å²) in [4.78, 5) is 7.31. The number of H-pyrrole nitrogens is 1. The maximum absolute atomic E-state index is 13.3. The highest BCUT2D eigenvalue weighted by atomic mass is 32.2. The summed E-state index contributed by atoms with van der Waals surface area (Å²) in [5.74, 6) is -0.0493. The number of hydrogen-bond donors (Lipinski definition) is 2. The molecule has 0 spiro atoms. The second-order valence-electron chi connectivity index (χ2n) is 5.72. The number of halogens is 1. The normalized spacial score (nSPS) is 12.0. The standard InChI is InChI=1S/C18H14FN3O3S/c1-2-26(23,24)21-10-18-22-15-6-3-11(7-17(15)25-18)14-9-20-16-8-12(19)4-5-13(14)16/h2-9,20-21H,1,10H2. The van der Waals surface area contributed by atoms with Gasteiger partial charge in [-0.05, 0) is 35.9 Å². The van der Waals surface area contributed by atoms with Crippen molar-refractivity contribution in [2.75, 3.05) is 0 Å². The maximum atomic E-state index is 13.3. The first-order valence-electron chi connectivity index (χ1n) is 7.74. The van der Waals surface area contributed by atoms with E-state index in [1.165, 1.54) is 12.1 Å². The second-order valence-corrected chi connectivity index (χ2v) is 7.43. The topological polar surface area (TPSA) is 88.0 Å². The lowest BCUT2D eigenvalue weighted by atomic mass is 10.0. The van der Waals surface area contributed by atoms with Crippen LogP contribution in [-0.2, 0) is 16.6 Å². The van der Waals surface area contributed by atoms with Crippen LogP contribution in [0.3, 0.4) is 0 Å². The lowest BCUT2D eigenvalue weighted by Crippen LogP contribution is -2.20.